The first kappa shape index (κ1) is 23.0. The summed E-state index contributed by atoms with van der Waals surface area (Å²) in [6.07, 6.45) is 1.64. The Morgan fingerprint density at radius 3 is 2.67 bits per heavy atom. The van der Waals surface area contributed by atoms with E-state index in [9.17, 15) is 14.4 Å². The molecule has 3 N–H and O–H groups in total. The van der Waals surface area contributed by atoms with E-state index in [-0.39, 0.29) is 18.0 Å². The summed E-state index contributed by atoms with van der Waals surface area (Å²) in [7, 11) is 0. The molecule has 3 heterocycles. The minimum absolute atomic E-state index is 0.151. The first-order valence-electron chi connectivity index (χ1n) is 9.93. The number of nitrogens with zero attached hydrogens (tertiary/aromatic N) is 2. The topological polar surface area (TPSA) is 107 Å². The Kier molecular flexibility index (Phi) is 6.77. The summed E-state index contributed by atoms with van der Waals surface area (Å²) in [5.41, 5.74) is 6.88. The highest BCUT2D eigenvalue weighted by Crippen LogP contribution is 2.35. The van der Waals surface area contributed by atoms with Gasteiger partial charge in [-0.2, -0.15) is 0 Å². The summed E-state index contributed by atoms with van der Waals surface area (Å²) in [5, 5.41) is 7.24. The van der Waals surface area contributed by atoms with Crippen LogP contribution in [0.25, 0.3) is 20.7 Å². The Bertz CT molecular complexity index is 1390. The summed E-state index contributed by atoms with van der Waals surface area (Å²) in [6.45, 7) is 5.80. The standard InChI is InChI=1S/C23H20N4O3S3/c1-3-10-27-22(30)18-16(17-5-4-11-31-17)12-32-21(18)26-23(27)33-13(2)20(29)25-15-8-6-14(7-9-15)19(24)28/h3-9,11-13H,1,10H2,2H3,(H2,24,28)(H,25,29). The highest BCUT2D eigenvalue weighted by Gasteiger charge is 2.22. The number of carbonyl (C=O) groups is 2. The number of carbonyl (C=O) groups excluding carboxylic acids is 2. The van der Waals surface area contributed by atoms with Crippen molar-refractivity contribution >= 4 is 62.2 Å². The number of rotatable bonds is 8. The molecule has 0 saturated heterocycles. The van der Waals surface area contributed by atoms with Gasteiger partial charge in [-0.3, -0.25) is 19.0 Å². The van der Waals surface area contributed by atoms with Crippen LogP contribution in [0, 0.1) is 0 Å². The molecule has 3 aromatic heterocycles. The van der Waals surface area contributed by atoms with Gasteiger partial charge in [-0.15, -0.1) is 29.3 Å². The zero-order chi connectivity index (χ0) is 23.5. The Hall–Kier alpha value is -3.21. The third-order valence-electron chi connectivity index (χ3n) is 4.85. The van der Waals surface area contributed by atoms with Crippen molar-refractivity contribution in [3.8, 4) is 10.4 Å². The second-order valence-corrected chi connectivity index (χ2v) is 10.2. The lowest BCUT2D eigenvalue weighted by Gasteiger charge is -2.15. The van der Waals surface area contributed by atoms with E-state index in [1.165, 1.54) is 23.1 Å². The van der Waals surface area contributed by atoms with Crippen LogP contribution in [-0.4, -0.2) is 26.6 Å². The molecule has 0 bridgehead atoms. The number of anilines is 1. The maximum absolute atomic E-state index is 13.4. The van der Waals surface area contributed by atoms with Crippen LogP contribution in [-0.2, 0) is 11.3 Å². The van der Waals surface area contributed by atoms with Crippen LogP contribution in [0.4, 0.5) is 5.69 Å². The zero-order valence-electron chi connectivity index (χ0n) is 17.6. The van der Waals surface area contributed by atoms with Gasteiger partial charge < -0.3 is 11.1 Å². The molecule has 0 saturated carbocycles. The van der Waals surface area contributed by atoms with E-state index >= 15 is 0 Å². The first-order chi connectivity index (χ1) is 15.9. The van der Waals surface area contributed by atoms with Gasteiger partial charge in [0, 0.05) is 33.6 Å². The summed E-state index contributed by atoms with van der Waals surface area (Å²) < 4.78 is 1.55. The molecule has 33 heavy (non-hydrogen) atoms. The summed E-state index contributed by atoms with van der Waals surface area (Å²) in [6, 6.07) is 10.3. The predicted octanol–water partition coefficient (Wildman–Crippen LogP) is 4.59. The van der Waals surface area contributed by atoms with Gasteiger partial charge in [-0.05, 0) is 42.6 Å². The smallest absolute Gasteiger partial charge is 0.263 e. The fourth-order valence-corrected chi connectivity index (χ4v) is 5.89. The maximum atomic E-state index is 13.4. The van der Waals surface area contributed by atoms with Gasteiger partial charge in [-0.1, -0.05) is 23.9 Å². The number of thioether (sulfide) groups is 1. The number of benzene rings is 1. The number of thiophene rings is 2. The number of nitrogens with two attached hydrogens (primary N) is 1. The Balaban J connectivity index is 1.61. The summed E-state index contributed by atoms with van der Waals surface area (Å²) >= 11 is 4.19. The SMILES string of the molecule is C=CCn1c(SC(C)C(=O)Nc2ccc(C(N)=O)cc2)nc2scc(-c3cccs3)c2c1=O. The Labute approximate surface area is 202 Å². The number of fused-ring (bicyclic) bond motifs is 1. The molecular formula is C23H20N4O3S3. The minimum Gasteiger partial charge on any atom is -0.366 e. The van der Waals surface area contributed by atoms with Crippen LogP contribution in [0.5, 0.6) is 0 Å². The van der Waals surface area contributed by atoms with Crippen molar-refractivity contribution in [3.05, 3.63) is 75.7 Å². The van der Waals surface area contributed by atoms with Crippen LogP contribution >= 0.6 is 34.4 Å². The minimum atomic E-state index is -0.533. The third-order valence-corrected chi connectivity index (χ3v) is 7.71. The second-order valence-electron chi connectivity index (χ2n) is 7.10. The van der Waals surface area contributed by atoms with Crippen LogP contribution in [0.2, 0.25) is 0 Å². The molecule has 4 rings (SSSR count). The molecule has 0 aliphatic carbocycles. The number of primary amides is 1. The fraction of sp³-hybridized carbons (Fsp3) is 0.130. The van der Waals surface area contributed by atoms with Gasteiger partial charge in [0.1, 0.15) is 4.83 Å². The van der Waals surface area contributed by atoms with Crippen molar-refractivity contribution in [2.45, 2.75) is 23.9 Å². The Morgan fingerprint density at radius 2 is 2.03 bits per heavy atom. The molecule has 4 aromatic rings. The molecule has 0 spiro atoms. The van der Waals surface area contributed by atoms with Gasteiger partial charge >= 0.3 is 0 Å². The molecule has 0 aliphatic heterocycles. The van der Waals surface area contributed by atoms with Crippen molar-refractivity contribution in [2.75, 3.05) is 5.32 Å². The number of aromatic nitrogens is 2. The van der Waals surface area contributed by atoms with E-state index < -0.39 is 11.2 Å². The van der Waals surface area contributed by atoms with Crippen molar-refractivity contribution in [1.82, 2.24) is 9.55 Å². The van der Waals surface area contributed by atoms with E-state index in [0.717, 1.165) is 10.4 Å². The molecule has 1 aromatic carbocycles. The van der Waals surface area contributed by atoms with Crippen LogP contribution in [0.3, 0.4) is 0 Å². The quantitative estimate of drug-likeness (QED) is 0.211. The molecule has 2 amide bonds. The fourth-order valence-electron chi connectivity index (χ4n) is 3.17. The van der Waals surface area contributed by atoms with Gasteiger partial charge in [-0.25, -0.2) is 4.98 Å². The lowest BCUT2D eigenvalue weighted by molar-refractivity contribution is -0.115. The average Bonchev–Trinajstić information content (AvgIpc) is 3.46. The maximum Gasteiger partial charge on any atom is 0.263 e. The first-order valence-corrected chi connectivity index (χ1v) is 12.6. The van der Waals surface area contributed by atoms with E-state index in [1.807, 2.05) is 22.9 Å². The van der Waals surface area contributed by atoms with Crippen molar-refractivity contribution in [3.63, 3.8) is 0 Å². The van der Waals surface area contributed by atoms with Gasteiger partial charge in [0.15, 0.2) is 5.16 Å². The Morgan fingerprint density at radius 1 is 1.27 bits per heavy atom. The normalized spacial score (nSPS) is 11.9. The van der Waals surface area contributed by atoms with E-state index in [4.69, 9.17) is 10.7 Å². The largest absolute Gasteiger partial charge is 0.366 e. The average molecular weight is 497 g/mol. The monoisotopic (exact) mass is 496 g/mol. The van der Waals surface area contributed by atoms with Crippen molar-refractivity contribution in [2.24, 2.45) is 5.73 Å². The molecule has 1 unspecified atom stereocenters. The zero-order valence-corrected chi connectivity index (χ0v) is 20.1. The molecule has 0 fully saturated rings. The molecule has 7 nitrogen and oxygen atoms in total. The lowest BCUT2D eigenvalue weighted by Crippen LogP contribution is -2.26. The van der Waals surface area contributed by atoms with Crippen molar-refractivity contribution < 1.29 is 9.59 Å². The molecule has 0 aliphatic rings. The number of allylic oxidation sites excluding steroid dienone is 1. The van der Waals surface area contributed by atoms with Gasteiger partial charge in [0.05, 0.1) is 10.6 Å². The van der Waals surface area contributed by atoms with E-state index in [0.29, 0.717) is 26.6 Å². The third kappa shape index (κ3) is 4.77. The van der Waals surface area contributed by atoms with Crippen LogP contribution in [0.1, 0.15) is 17.3 Å². The molecule has 10 heteroatoms. The number of hydrogen-bond acceptors (Lipinski definition) is 7. The van der Waals surface area contributed by atoms with E-state index in [2.05, 4.69) is 11.9 Å². The number of amides is 2. The molecule has 168 valence electrons. The molecular weight excluding hydrogens is 476 g/mol. The highest BCUT2D eigenvalue weighted by molar-refractivity contribution is 8.00. The van der Waals surface area contributed by atoms with Gasteiger partial charge in [0.25, 0.3) is 5.56 Å². The summed E-state index contributed by atoms with van der Waals surface area (Å²) in [5.74, 6) is -0.786. The van der Waals surface area contributed by atoms with Crippen molar-refractivity contribution in [1.29, 1.82) is 0 Å². The summed E-state index contributed by atoms with van der Waals surface area (Å²) in [4.78, 5) is 43.7. The second kappa shape index (κ2) is 9.74. The number of hydrogen-bond donors (Lipinski definition) is 2. The van der Waals surface area contributed by atoms with Gasteiger partial charge in [0.2, 0.25) is 11.8 Å². The number of nitrogens with one attached hydrogen (secondary N) is 1. The van der Waals surface area contributed by atoms with E-state index in [1.54, 1.807) is 53.2 Å². The van der Waals surface area contributed by atoms with Crippen LogP contribution < -0.4 is 16.6 Å². The molecule has 0 radical (unpaired) electrons. The van der Waals surface area contributed by atoms with Crippen LogP contribution in [0.15, 0.2) is 69.8 Å². The molecule has 1 atom stereocenters. The lowest BCUT2D eigenvalue weighted by atomic mass is 10.2. The predicted molar refractivity (Wildman–Crippen MR) is 136 cm³/mol. The highest BCUT2D eigenvalue weighted by atomic mass is 32.2.